The minimum Gasteiger partial charge on any atom is -0.356 e. The van der Waals surface area contributed by atoms with Crippen LogP contribution in [0, 0.1) is 17.7 Å². The van der Waals surface area contributed by atoms with Gasteiger partial charge in [-0.1, -0.05) is 22.4 Å². The average molecular weight is 380 g/mol. The van der Waals surface area contributed by atoms with Crippen molar-refractivity contribution in [1.29, 1.82) is 0 Å². The highest BCUT2D eigenvalue weighted by Crippen LogP contribution is 2.30. The van der Waals surface area contributed by atoms with Crippen molar-refractivity contribution in [1.82, 2.24) is 5.32 Å². The topological polar surface area (TPSA) is 55.1 Å². The van der Waals surface area contributed by atoms with E-state index >= 15 is 0 Å². The van der Waals surface area contributed by atoms with Crippen LogP contribution >= 0.6 is 28.3 Å². The smallest absolute Gasteiger partial charge is 0.223 e. The van der Waals surface area contributed by atoms with Gasteiger partial charge in [-0.3, -0.25) is 4.79 Å². The molecule has 3 nitrogen and oxygen atoms in total. The number of benzene rings is 1. The molecule has 1 saturated carbocycles. The lowest BCUT2D eigenvalue weighted by molar-refractivity contribution is -0.125. The van der Waals surface area contributed by atoms with Crippen LogP contribution < -0.4 is 11.1 Å². The average Bonchev–Trinajstić information content (AvgIpc) is 2.91. The second-order valence-electron chi connectivity index (χ2n) is 5.31. The number of nitrogens with one attached hydrogen (secondary N) is 1. The van der Waals surface area contributed by atoms with Gasteiger partial charge in [0.1, 0.15) is 5.82 Å². The number of nitrogens with two attached hydrogens (primary N) is 1. The van der Waals surface area contributed by atoms with E-state index in [4.69, 9.17) is 5.73 Å². The molecule has 1 aromatic carbocycles. The van der Waals surface area contributed by atoms with Crippen LogP contribution in [-0.4, -0.2) is 19.0 Å². The quantitative estimate of drug-likeness (QED) is 0.826. The maximum atomic E-state index is 13.6. The van der Waals surface area contributed by atoms with Crippen molar-refractivity contribution >= 4 is 34.2 Å². The zero-order valence-electron chi connectivity index (χ0n) is 11.8. The van der Waals surface area contributed by atoms with Gasteiger partial charge in [0, 0.05) is 16.9 Å². The Morgan fingerprint density at radius 3 is 2.90 bits per heavy atom. The van der Waals surface area contributed by atoms with Crippen molar-refractivity contribution in [2.45, 2.75) is 25.7 Å². The minimum atomic E-state index is -0.233. The number of hydrogen-bond acceptors (Lipinski definition) is 2. The summed E-state index contributed by atoms with van der Waals surface area (Å²) < 4.78 is 14.4. The predicted octanol–water partition coefficient (Wildman–Crippen LogP) is 3.04. The SMILES string of the molecule is Cl.NC[C@H]1CCC[C@H]1C(=O)NCCc1cc(Br)ccc1F. The predicted molar refractivity (Wildman–Crippen MR) is 87.9 cm³/mol. The summed E-state index contributed by atoms with van der Waals surface area (Å²) in [6.45, 7) is 1.03. The van der Waals surface area contributed by atoms with Crippen LogP contribution in [0.25, 0.3) is 0 Å². The molecular weight excluding hydrogens is 359 g/mol. The first-order valence-corrected chi connectivity index (χ1v) is 7.83. The first-order valence-electron chi connectivity index (χ1n) is 7.03. The Balaban J connectivity index is 0.00000220. The molecule has 0 radical (unpaired) electrons. The monoisotopic (exact) mass is 378 g/mol. The summed E-state index contributed by atoms with van der Waals surface area (Å²) in [5.41, 5.74) is 6.30. The molecule has 0 saturated heterocycles. The van der Waals surface area contributed by atoms with Crippen LogP contribution in [-0.2, 0) is 11.2 Å². The minimum absolute atomic E-state index is 0. The summed E-state index contributed by atoms with van der Waals surface area (Å²) in [5, 5.41) is 2.91. The van der Waals surface area contributed by atoms with Crippen LogP contribution in [0.5, 0.6) is 0 Å². The Morgan fingerprint density at radius 2 is 2.19 bits per heavy atom. The van der Waals surface area contributed by atoms with E-state index in [9.17, 15) is 9.18 Å². The van der Waals surface area contributed by atoms with E-state index in [-0.39, 0.29) is 30.0 Å². The van der Waals surface area contributed by atoms with Gasteiger partial charge in [0.15, 0.2) is 0 Å². The van der Waals surface area contributed by atoms with Gasteiger partial charge >= 0.3 is 0 Å². The molecule has 0 unspecified atom stereocenters. The Morgan fingerprint density at radius 1 is 1.43 bits per heavy atom. The van der Waals surface area contributed by atoms with Crippen molar-refractivity contribution in [3.05, 3.63) is 34.1 Å². The van der Waals surface area contributed by atoms with E-state index < -0.39 is 0 Å². The zero-order chi connectivity index (χ0) is 14.5. The number of amides is 1. The summed E-state index contributed by atoms with van der Waals surface area (Å²) >= 11 is 3.32. The summed E-state index contributed by atoms with van der Waals surface area (Å²) in [5.74, 6) is 0.168. The summed E-state index contributed by atoms with van der Waals surface area (Å²) in [6, 6.07) is 4.85. The fraction of sp³-hybridized carbons (Fsp3) is 0.533. The number of carbonyl (C=O) groups is 1. The number of halogens is 3. The molecule has 0 aliphatic heterocycles. The van der Waals surface area contributed by atoms with E-state index in [1.807, 2.05) is 0 Å². The van der Waals surface area contributed by atoms with E-state index in [1.165, 1.54) is 6.07 Å². The molecule has 6 heteroatoms. The van der Waals surface area contributed by atoms with Crippen LogP contribution in [0.15, 0.2) is 22.7 Å². The van der Waals surface area contributed by atoms with Crippen molar-refractivity contribution in [2.24, 2.45) is 17.6 Å². The molecule has 3 N–H and O–H groups in total. The van der Waals surface area contributed by atoms with Crippen LogP contribution in [0.3, 0.4) is 0 Å². The van der Waals surface area contributed by atoms with Gasteiger partial charge in [-0.15, -0.1) is 12.4 Å². The molecule has 118 valence electrons. The Labute approximate surface area is 139 Å². The van der Waals surface area contributed by atoms with Gasteiger partial charge in [0.25, 0.3) is 0 Å². The second kappa shape index (κ2) is 8.71. The van der Waals surface area contributed by atoms with Crippen LogP contribution in [0.1, 0.15) is 24.8 Å². The first-order chi connectivity index (χ1) is 9.61. The molecule has 21 heavy (non-hydrogen) atoms. The van der Waals surface area contributed by atoms with Crippen molar-refractivity contribution in [3.8, 4) is 0 Å². The molecule has 2 rings (SSSR count). The molecule has 0 heterocycles. The lowest BCUT2D eigenvalue weighted by Gasteiger charge is -2.17. The fourth-order valence-electron chi connectivity index (χ4n) is 2.85. The second-order valence-corrected chi connectivity index (χ2v) is 6.23. The molecule has 1 aliphatic rings. The third kappa shape index (κ3) is 4.94. The van der Waals surface area contributed by atoms with E-state index in [0.717, 1.165) is 23.7 Å². The van der Waals surface area contributed by atoms with Crippen LogP contribution in [0.2, 0.25) is 0 Å². The van der Waals surface area contributed by atoms with Crippen molar-refractivity contribution in [3.63, 3.8) is 0 Å². The van der Waals surface area contributed by atoms with Gasteiger partial charge in [0.2, 0.25) is 5.91 Å². The Bertz CT molecular complexity index is 487. The van der Waals surface area contributed by atoms with Crippen LogP contribution in [0.4, 0.5) is 4.39 Å². The van der Waals surface area contributed by atoms with E-state index in [0.29, 0.717) is 31.0 Å². The van der Waals surface area contributed by atoms with E-state index in [2.05, 4.69) is 21.2 Å². The highest BCUT2D eigenvalue weighted by atomic mass is 79.9. The molecule has 0 spiro atoms. The highest BCUT2D eigenvalue weighted by molar-refractivity contribution is 9.10. The highest BCUT2D eigenvalue weighted by Gasteiger charge is 2.31. The van der Waals surface area contributed by atoms with Crippen molar-refractivity contribution in [2.75, 3.05) is 13.1 Å². The summed E-state index contributed by atoms with van der Waals surface area (Å²) in [4.78, 5) is 12.1. The maximum absolute atomic E-state index is 13.6. The third-order valence-electron chi connectivity index (χ3n) is 4.00. The summed E-state index contributed by atoms with van der Waals surface area (Å²) in [7, 11) is 0. The van der Waals surface area contributed by atoms with Gasteiger partial charge in [-0.25, -0.2) is 4.39 Å². The largest absolute Gasteiger partial charge is 0.356 e. The lowest BCUT2D eigenvalue weighted by atomic mass is 9.95. The molecule has 1 aliphatic carbocycles. The molecule has 0 aromatic heterocycles. The maximum Gasteiger partial charge on any atom is 0.223 e. The standard InChI is InChI=1S/C15H20BrFN2O.ClH/c16-12-4-5-14(17)10(8-12)6-7-19-15(20)13-3-1-2-11(13)9-18;/h4-5,8,11,13H,1-3,6-7,9,18H2,(H,19,20);1H/t11-,13-;/m1./s1. The molecular formula is C15H21BrClFN2O. The number of hydrogen-bond donors (Lipinski definition) is 2. The fourth-order valence-corrected chi connectivity index (χ4v) is 3.26. The molecule has 1 aromatic rings. The normalized spacial score (nSPS) is 20.9. The van der Waals surface area contributed by atoms with Gasteiger partial charge in [-0.05, 0) is 55.5 Å². The summed E-state index contributed by atoms with van der Waals surface area (Å²) in [6.07, 6.45) is 3.52. The molecule has 1 fully saturated rings. The van der Waals surface area contributed by atoms with Crippen molar-refractivity contribution < 1.29 is 9.18 Å². The number of rotatable bonds is 5. The van der Waals surface area contributed by atoms with Gasteiger partial charge < -0.3 is 11.1 Å². The lowest BCUT2D eigenvalue weighted by Crippen LogP contribution is -2.36. The van der Waals surface area contributed by atoms with Gasteiger partial charge in [-0.2, -0.15) is 0 Å². The number of carbonyl (C=O) groups excluding carboxylic acids is 1. The Hall–Kier alpha value is -0.650. The first kappa shape index (κ1) is 18.4. The molecule has 0 bridgehead atoms. The van der Waals surface area contributed by atoms with E-state index in [1.54, 1.807) is 12.1 Å². The molecule has 1 amide bonds. The molecule has 2 atom stereocenters. The van der Waals surface area contributed by atoms with Gasteiger partial charge in [0.05, 0.1) is 0 Å². The zero-order valence-corrected chi connectivity index (χ0v) is 14.2. The Kier molecular flexibility index (Phi) is 7.63. The third-order valence-corrected chi connectivity index (χ3v) is 4.49.